The summed E-state index contributed by atoms with van der Waals surface area (Å²) in [5.41, 5.74) is 3.51. The number of amides is 4. The van der Waals surface area contributed by atoms with Crippen LogP contribution in [0.5, 0.6) is 0 Å². The topological polar surface area (TPSA) is 69.7 Å². The lowest BCUT2D eigenvalue weighted by atomic mass is 9.87. The summed E-state index contributed by atoms with van der Waals surface area (Å²) in [4.78, 5) is 40.3. The third-order valence-corrected chi connectivity index (χ3v) is 5.10. The lowest BCUT2D eigenvalue weighted by Crippen LogP contribution is -2.39. The number of imide groups is 1. The maximum atomic E-state index is 12.8. The minimum absolute atomic E-state index is 0.0203. The minimum Gasteiger partial charge on any atom is -0.325 e. The minimum atomic E-state index is -0.649. The molecule has 0 aromatic heterocycles. The Bertz CT molecular complexity index is 927. The number of urea groups is 1. The van der Waals surface area contributed by atoms with Crippen molar-refractivity contribution in [2.24, 2.45) is 0 Å². The zero-order valence-corrected chi connectivity index (χ0v) is 17.5. The summed E-state index contributed by atoms with van der Waals surface area (Å²) >= 11 is 0. The first-order chi connectivity index (χ1) is 13.6. The predicted octanol–water partition coefficient (Wildman–Crippen LogP) is 4.09. The molecule has 0 spiro atoms. The third kappa shape index (κ3) is 4.31. The van der Waals surface area contributed by atoms with Crippen LogP contribution in [0.4, 0.5) is 16.2 Å². The van der Waals surface area contributed by atoms with Gasteiger partial charge in [0.1, 0.15) is 12.6 Å². The van der Waals surface area contributed by atoms with Crippen LogP contribution in [0.2, 0.25) is 0 Å². The number of anilines is 2. The molecule has 29 heavy (non-hydrogen) atoms. The quantitative estimate of drug-likeness (QED) is 0.796. The largest absolute Gasteiger partial charge is 0.332 e. The van der Waals surface area contributed by atoms with Gasteiger partial charge in [-0.1, -0.05) is 50.6 Å². The van der Waals surface area contributed by atoms with Gasteiger partial charge in [0.2, 0.25) is 5.91 Å². The molecule has 0 bridgehead atoms. The van der Waals surface area contributed by atoms with Gasteiger partial charge in [-0.25, -0.2) is 4.79 Å². The van der Waals surface area contributed by atoms with E-state index in [1.807, 2.05) is 43.3 Å². The van der Waals surface area contributed by atoms with Gasteiger partial charge in [0, 0.05) is 11.4 Å². The number of nitrogens with zero attached hydrogens (tertiary/aromatic N) is 2. The Morgan fingerprint density at radius 2 is 1.59 bits per heavy atom. The molecule has 3 rings (SSSR count). The average Bonchev–Trinajstić information content (AvgIpc) is 2.86. The van der Waals surface area contributed by atoms with Gasteiger partial charge >= 0.3 is 6.03 Å². The van der Waals surface area contributed by atoms with E-state index >= 15 is 0 Å². The fourth-order valence-corrected chi connectivity index (χ4v) is 3.31. The van der Waals surface area contributed by atoms with Crippen molar-refractivity contribution in [1.82, 2.24) is 4.90 Å². The monoisotopic (exact) mass is 393 g/mol. The van der Waals surface area contributed by atoms with Crippen LogP contribution in [0.25, 0.3) is 0 Å². The fourth-order valence-electron chi connectivity index (χ4n) is 3.31. The van der Waals surface area contributed by atoms with E-state index in [1.54, 1.807) is 19.1 Å². The molecule has 152 valence electrons. The first-order valence-electron chi connectivity index (χ1n) is 9.69. The number of hydrogen-bond acceptors (Lipinski definition) is 3. The van der Waals surface area contributed by atoms with Gasteiger partial charge in [-0.3, -0.25) is 19.4 Å². The highest BCUT2D eigenvalue weighted by molar-refractivity contribution is 6.16. The van der Waals surface area contributed by atoms with Gasteiger partial charge in [0.05, 0.1) is 0 Å². The van der Waals surface area contributed by atoms with E-state index in [0.717, 1.165) is 16.0 Å². The summed E-state index contributed by atoms with van der Waals surface area (Å²) < 4.78 is 0. The smallest absolute Gasteiger partial charge is 0.325 e. The second-order valence-corrected chi connectivity index (χ2v) is 8.46. The summed E-state index contributed by atoms with van der Waals surface area (Å²) in [6.45, 7) is 9.66. The summed E-state index contributed by atoms with van der Waals surface area (Å²) in [5, 5.41) is 2.76. The van der Waals surface area contributed by atoms with Crippen LogP contribution < -0.4 is 10.2 Å². The lowest BCUT2D eigenvalue weighted by Gasteiger charge is -2.20. The molecule has 1 saturated heterocycles. The molecule has 0 aliphatic carbocycles. The van der Waals surface area contributed by atoms with E-state index in [0.29, 0.717) is 11.4 Å². The predicted molar refractivity (Wildman–Crippen MR) is 114 cm³/mol. The Labute approximate surface area is 171 Å². The number of carbonyl (C=O) groups excluding carboxylic acids is 3. The van der Waals surface area contributed by atoms with Gasteiger partial charge in [-0.2, -0.15) is 0 Å². The van der Waals surface area contributed by atoms with Crippen LogP contribution >= 0.6 is 0 Å². The van der Waals surface area contributed by atoms with Crippen molar-refractivity contribution in [3.63, 3.8) is 0 Å². The van der Waals surface area contributed by atoms with E-state index in [1.165, 1.54) is 4.90 Å². The number of hydrogen-bond donors (Lipinski definition) is 1. The standard InChI is InChI=1S/C23H27N3O3/c1-15-6-12-19(13-7-15)26-16(2)21(28)25(22(26)29)14-20(27)24-18-10-8-17(9-11-18)23(3,4)5/h6-13,16H,14H2,1-5H3,(H,24,27). The molecule has 0 radical (unpaired) electrons. The van der Waals surface area contributed by atoms with E-state index < -0.39 is 18.0 Å². The molecule has 1 aliphatic heterocycles. The number of carbonyl (C=O) groups is 3. The fraction of sp³-hybridized carbons (Fsp3) is 0.348. The lowest BCUT2D eigenvalue weighted by molar-refractivity contribution is -0.130. The van der Waals surface area contributed by atoms with Crippen LogP contribution in [0, 0.1) is 6.92 Å². The Hall–Kier alpha value is -3.15. The molecule has 1 atom stereocenters. The van der Waals surface area contributed by atoms with E-state index in [-0.39, 0.29) is 17.9 Å². The van der Waals surface area contributed by atoms with Crippen molar-refractivity contribution in [3.8, 4) is 0 Å². The molecule has 0 saturated carbocycles. The van der Waals surface area contributed by atoms with Crippen LogP contribution in [0.3, 0.4) is 0 Å². The van der Waals surface area contributed by atoms with Gasteiger partial charge in [0.15, 0.2) is 0 Å². The van der Waals surface area contributed by atoms with Crippen molar-refractivity contribution in [1.29, 1.82) is 0 Å². The molecular formula is C23H27N3O3. The molecule has 1 unspecified atom stereocenters. The average molecular weight is 393 g/mol. The summed E-state index contributed by atoms with van der Waals surface area (Å²) in [6.07, 6.45) is 0. The van der Waals surface area contributed by atoms with E-state index in [2.05, 4.69) is 26.1 Å². The maximum absolute atomic E-state index is 12.8. The second kappa shape index (κ2) is 7.70. The van der Waals surface area contributed by atoms with Crippen molar-refractivity contribution in [2.75, 3.05) is 16.8 Å². The van der Waals surface area contributed by atoms with Crippen molar-refractivity contribution in [3.05, 3.63) is 59.7 Å². The number of aryl methyl sites for hydroxylation is 1. The summed E-state index contributed by atoms with van der Waals surface area (Å²) in [6, 6.07) is 13.8. The number of rotatable bonds is 4. The molecule has 1 heterocycles. The molecular weight excluding hydrogens is 366 g/mol. The first-order valence-corrected chi connectivity index (χ1v) is 9.69. The SMILES string of the molecule is Cc1ccc(N2C(=O)N(CC(=O)Nc3ccc(C(C)(C)C)cc3)C(=O)C2C)cc1. The second-order valence-electron chi connectivity index (χ2n) is 8.46. The maximum Gasteiger partial charge on any atom is 0.332 e. The zero-order chi connectivity index (χ0) is 21.3. The van der Waals surface area contributed by atoms with Crippen LogP contribution in [-0.2, 0) is 15.0 Å². The van der Waals surface area contributed by atoms with Crippen LogP contribution in [0.1, 0.15) is 38.8 Å². The number of nitrogens with one attached hydrogen (secondary N) is 1. The molecule has 4 amide bonds. The molecule has 1 fully saturated rings. The summed E-state index contributed by atoms with van der Waals surface area (Å²) in [5.74, 6) is -0.790. The summed E-state index contributed by atoms with van der Waals surface area (Å²) in [7, 11) is 0. The third-order valence-electron chi connectivity index (χ3n) is 5.10. The Kier molecular flexibility index (Phi) is 5.46. The van der Waals surface area contributed by atoms with E-state index in [4.69, 9.17) is 0 Å². The number of benzene rings is 2. The highest BCUT2D eigenvalue weighted by Crippen LogP contribution is 2.26. The van der Waals surface area contributed by atoms with Gasteiger partial charge in [0.25, 0.3) is 5.91 Å². The normalized spacial score (nSPS) is 17.1. The molecule has 2 aromatic rings. The molecule has 2 aromatic carbocycles. The Balaban J connectivity index is 1.69. The van der Waals surface area contributed by atoms with Crippen molar-refractivity contribution in [2.45, 2.75) is 46.1 Å². The van der Waals surface area contributed by atoms with Crippen molar-refractivity contribution < 1.29 is 14.4 Å². The highest BCUT2D eigenvalue weighted by atomic mass is 16.2. The molecule has 1 aliphatic rings. The van der Waals surface area contributed by atoms with E-state index in [9.17, 15) is 14.4 Å². The Morgan fingerprint density at radius 1 is 1.00 bits per heavy atom. The molecule has 6 nitrogen and oxygen atoms in total. The molecule has 1 N–H and O–H groups in total. The zero-order valence-electron chi connectivity index (χ0n) is 17.5. The van der Waals surface area contributed by atoms with Gasteiger partial charge < -0.3 is 5.32 Å². The van der Waals surface area contributed by atoms with Crippen molar-refractivity contribution >= 4 is 29.2 Å². The van der Waals surface area contributed by atoms with Crippen LogP contribution in [0.15, 0.2) is 48.5 Å². The van der Waals surface area contributed by atoms with Crippen LogP contribution in [-0.4, -0.2) is 35.3 Å². The molecule has 6 heteroatoms. The highest BCUT2D eigenvalue weighted by Gasteiger charge is 2.44. The van der Waals surface area contributed by atoms with Gasteiger partial charge in [-0.05, 0) is 49.1 Å². The Morgan fingerprint density at radius 3 is 2.14 bits per heavy atom. The first kappa shape index (κ1) is 20.6. The van der Waals surface area contributed by atoms with Gasteiger partial charge in [-0.15, -0.1) is 0 Å².